The maximum atomic E-state index is 13.5. The fourth-order valence-electron chi connectivity index (χ4n) is 2.34. The minimum absolute atomic E-state index is 0.0322. The van der Waals surface area contributed by atoms with E-state index in [1.165, 1.54) is 12.1 Å². The van der Waals surface area contributed by atoms with Gasteiger partial charge in [0.15, 0.2) is 5.78 Å². The Kier molecular flexibility index (Phi) is 3.66. The third kappa shape index (κ3) is 2.86. The molecule has 1 aliphatic rings. The Morgan fingerprint density at radius 3 is 2.72 bits per heavy atom. The van der Waals surface area contributed by atoms with Crippen LogP contribution in [-0.4, -0.2) is 11.7 Å². The van der Waals surface area contributed by atoms with Crippen molar-refractivity contribution in [1.29, 1.82) is 0 Å². The number of rotatable bonds is 3. The first-order valence-electron chi connectivity index (χ1n) is 5.74. The Morgan fingerprint density at radius 2 is 2.17 bits per heavy atom. The van der Waals surface area contributed by atoms with Crippen LogP contribution in [0.5, 0.6) is 0 Å². The Bertz CT molecular complexity index is 453. The summed E-state index contributed by atoms with van der Waals surface area (Å²) < 4.78 is 39.5. The topological polar surface area (TPSA) is 17.1 Å². The third-order valence-corrected chi connectivity index (χ3v) is 3.54. The molecule has 0 saturated heterocycles. The SMILES string of the molecule is O=C(CC1CCC(F)(F)C1)c1c(F)cccc1Cl. The van der Waals surface area contributed by atoms with Crippen LogP contribution in [0.2, 0.25) is 5.02 Å². The number of benzene rings is 1. The maximum Gasteiger partial charge on any atom is 0.248 e. The van der Waals surface area contributed by atoms with Gasteiger partial charge in [0.2, 0.25) is 5.92 Å². The molecule has 5 heteroatoms. The molecule has 1 aliphatic carbocycles. The molecule has 1 aromatic carbocycles. The van der Waals surface area contributed by atoms with Crippen molar-refractivity contribution in [1.82, 2.24) is 0 Å². The summed E-state index contributed by atoms with van der Waals surface area (Å²) in [5.41, 5.74) is -0.186. The van der Waals surface area contributed by atoms with Crippen molar-refractivity contribution in [3.63, 3.8) is 0 Å². The highest BCUT2D eigenvalue weighted by Crippen LogP contribution is 2.41. The summed E-state index contributed by atoms with van der Waals surface area (Å²) in [6, 6.07) is 3.96. The van der Waals surface area contributed by atoms with Gasteiger partial charge in [-0.15, -0.1) is 0 Å². The molecule has 2 rings (SSSR count). The molecule has 1 atom stereocenters. The first kappa shape index (κ1) is 13.4. The lowest BCUT2D eigenvalue weighted by molar-refractivity contribution is 0.00497. The van der Waals surface area contributed by atoms with Crippen LogP contribution < -0.4 is 0 Å². The van der Waals surface area contributed by atoms with E-state index in [2.05, 4.69) is 0 Å². The summed E-state index contributed by atoms with van der Waals surface area (Å²) in [5, 5.41) is 0.0322. The van der Waals surface area contributed by atoms with Gasteiger partial charge in [-0.05, 0) is 24.5 Å². The zero-order valence-corrected chi connectivity index (χ0v) is 10.3. The maximum absolute atomic E-state index is 13.5. The second kappa shape index (κ2) is 4.92. The van der Waals surface area contributed by atoms with Gasteiger partial charge in [-0.3, -0.25) is 4.79 Å². The molecule has 1 saturated carbocycles. The van der Waals surface area contributed by atoms with Crippen molar-refractivity contribution in [2.75, 3.05) is 0 Å². The lowest BCUT2D eigenvalue weighted by atomic mass is 9.96. The number of alkyl halides is 2. The highest BCUT2D eigenvalue weighted by Gasteiger charge is 2.40. The van der Waals surface area contributed by atoms with E-state index < -0.39 is 17.5 Å². The fraction of sp³-hybridized carbons (Fsp3) is 0.462. The van der Waals surface area contributed by atoms with E-state index in [4.69, 9.17) is 11.6 Å². The van der Waals surface area contributed by atoms with Gasteiger partial charge >= 0.3 is 0 Å². The van der Waals surface area contributed by atoms with Gasteiger partial charge < -0.3 is 0 Å². The van der Waals surface area contributed by atoms with Crippen molar-refractivity contribution in [3.05, 3.63) is 34.6 Å². The number of halogens is 4. The van der Waals surface area contributed by atoms with Crippen LogP contribution in [0.1, 0.15) is 36.0 Å². The van der Waals surface area contributed by atoms with Gasteiger partial charge in [-0.25, -0.2) is 13.2 Å². The molecule has 98 valence electrons. The molecule has 0 spiro atoms. The number of carbonyl (C=O) groups is 1. The standard InChI is InChI=1S/C13H12ClF3O/c14-9-2-1-3-10(15)12(9)11(18)6-8-4-5-13(16,17)7-8/h1-3,8H,4-7H2. The number of hydrogen-bond donors (Lipinski definition) is 0. The Labute approximate surface area is 108 Å². The Hall–Kier alpha value is -1.03. The van der Waals surface area contributed by atoms with Crippen molar-refractivity contribution in [2.45, 2.75) is 31.6 Å². The summed E-state index contributed by atoms with van der Waals surface area (Å²) in [6.45, 7) is 0. The average Bonchev–Trinajstić information content (AvgIpc) is 2.57. The van der Waals surface area contributed by atoms with E-state index in [1.54, 1.807) is 0 Å². The van der Waals surface area contributed by atoms with Crippen molar-refractivity contribution in [3.8, 4) is 0 Å². The molecule has 0 radical (unpaired) electrons. The van der Waals surface area contributed by atoms with Gasteiger partial charge in [-0.2, -0.15) is 0 Å². The summed E-state index contributed by atoms with van der Waals surface area (Å²) in [4.78, 5) is 11.9. The predicted octanol–water partition coefficient (Wildman–Crippen LogP) is 4.49. The summed E-state index contributed by atoms with van der Waals surface area (Å²) in [7, 11) is 0. The monoisotopic (exact) mass is 276 g/mol. The largest absolute Gasteiger partial charge is 0.294 e. The number of ketones is 1. The lowest BCUT2D eigenvalue weighted by Crippen LogP contribution is -2.13. The van der Waals surface area contributed by atoms with Crippen molar-refractivity contribution >= 4 is 17.4 Å². The van der Waals surface area contributed by atoms with E-state index >= 15 is 0 Å². The van der Waals surface area contributed by atoms with E-state index in [0.29, 0.717) is 6.42 Å². The minimum atomic E-state index is -2.69. The smallest absolute Gasteiger partial charge is 0.248 e. The molecule has 1 nitrogen and oxygen atoms in total. The predicted molar refractivity (Wildman–Crippen MR) is 62.6 cm³/mol. The Morgan fingerprint density at radius 1 is 1.44 bits per heavy atom. The van der Waals surface area contributed by atoms with Gasteiger partial charge in [0.1, 0.15) is 5.82 Å². The second-order valence-electron chi connectivity index (χ2n) is 4.69. The average molecular weight is 277 g/mol. The van der Waals surface area contributed by atoms with Crippen LogP contribution in [0.25, 0.3) is 0 Å². The van der Waals surface area contributed by atoms with Crippen LogP contribution in [0.4, 0.5) is 13.2 Å². The van der Waals surface area contributed by atoms with Crippen LogP contribution >= 0.6 is 11.6 Å². The first-order valence-corrected chi connectivity index (χ1v) is 6.12. The number of carbonyl (C=O) groups excluding carboxylic acids is 1. The van der Waals surface area contributed by atoms with Gasteiger partial charge in [0.05, 0.1) is 10.6 Å². The molecular formula is C13H12ClF3O. The summed E-state index contributed by atoms with van der Waals surface area (Å²) in [5.74, 6) is -4.27. The molecule has 0 bridgehead atoms. The molecule has 0 heterocycles. The zero-order valence-electron chi connectivity index (χ0n) is 9.56. The van der Waals surface area contributed by atoms with Gasteiger partial charge in [0.25, 0.3) is 0 Å². The summed E-state index contributed by atoms with van der Waals surface area (Å²) >= 11 is 5.76. The zero-order chi connectivity index (χ0) is 13.3. The van der Waals surface area contributed by atoms with Crippen molar-refractivity contribution < 1.29 is 18.0 Å². The molecule has 1 aromatic rings. The molecular weight excluding hydrogens is 265 g/mol. The first-order chi connectivity index (χ1) is 8.39. The Balaban J connectivity index is 2.09. The van der Waals surface area contributed by atoms with Crippen LogP contribution in [0.3, 0.4) is 0 Å². The molecule has 18 heavy (non-hydrogen) atoms. The van der Waals surface area contributed by atoms with Crippen molar-refractivity contribution in [2.24, 2.45) is 5.92 Å². The quantitative estimate of drug-likeness (QED) is 0.744. The molecule has 0 aliphatic heterocycles. The minimum Gasteiger partial charge on any atom is -0.294 e. The highest BCUT2D eigenvalue weighted by molar-refractivity contribution is 6.34. The van der Waals surface area contributed by atoms with Gasteiger partial charge in [0, 0.05) is 19.3 Å². The van der Waals surface area contributed by atoms with Crippen LogP contribution in [0, 0.1) is 11.7 Å². The van der Waals surface area contributed by atoms with E-state index in [-0.39, 0.29) is 35.8 Å². The molecule has 0 amide bonds. The molecule has 0 N–H and O–H groups in total. The third-order valence-electron chi connectivity index (χ3n) is 3.22. The van der Waals surface area contributed by atoms with Gasteiger partial charge in [-0.1, -0.05) is 17.7 Å². The normalized spacial score (nSPS) is 22.1. The highest BCUT2D eigenvalue weighted by atomic mass is 35.5. The fourth-order valence-corrected chi connectivity index (χ4v) is 2.61. The number of Topliss-reactive ketones (excluding diaryl/α,β-unsaturated/α-hetero) is 1. The van der Waals surface area contributed by atoms with Crippen LogP contribution in [-0.2, 0) is 0 Å². The van der Waals surface area contributed by atoms with E-state index in [0.717, 1.165) is 6.07 Å². The van der Waals surface area contributed by atoms with E-state index in [9.17, 15) is 18.0 Å². The number of hydrogen-bond acceptors (Lipinski definition) is 1. The molecule has 1 unspecified atom stereocenters. The summed E-state index contributed by atoms with van der Waals surface area (Å²) in [6.07, 6.45) is -0.276. The lowest BCUT2D eigenvalue weighted by Gasteiger charge is -2.11. The molecule has 0 aromatic heterocycles. The second-order valence-corrected chi connectivity index (χ2v) is 5.10. The van der Waals surface area contributed by atoms with E-state index in [1.807, 2.05) is 0 Å². The molecule has 1 fully saturated rings. The van der Waals surface area contributed by atoms with Crippen LogP contribution in [0.15, 0.2) is 18.2 Å².